The van der Waals surface area contributed by atoms with Crippen LogP contribution in [0.3, 0.4) is 0 Å². The van der Waals surface area contributed by atoms with Crippen molar-refractivity contribution in [1.29, 1.82) is 5.26 Å². The minimum atomic E-state index is -3.85. The van der Waals surface area contributed by atoms with Gasteiger partial charge in [-0.2, -0.15) is 9.57 Å². The zero-order valence-electron chi connectivity index (χ0n) is 11.3. The highest BCUT2D eigenvalue weighted by molar-refractivity contribution is 7.89. The Bertz CT molecular complexity index is 710. The third kappa shape index (κ3) is 2.87. The molecule has 1 unspecified atom stereocenters. The molecule has 1 aliphatic rings. The first-order valence-corrected chi connectivity index (χ1v) is 7.69. The van der Waals surface area contributed by atoms with Gasteiger partial charge in [0.05, 0.1) is 15.9 Å². The van der Waals surface area contributed by atoms with E-state index in [2.05, 4.69) is 5.32 Å². The first-order chi connectivity index (χ1) is 9.87. The second kappa shape index (κ2) is 5.77. The van der Waals surface area contributed by atoms with Gasteiger partial charge in [-0.05, 0) is 18.6 Å². The van der Waals surface area contributed by atoms with Gasteiger partial charge in [0.15, 0.2) is 0 Å². The fourth-order valence-corrected chi connectivity index (χ4v) is 3.99. The van der Waals surface area contributed by atoms with Gasteiger partial charge in [-0.15, -0.1) is 0 Å². The SMILES string of the molecule is Cc1cc([N+](=O)[O-])ccc1S(=O)(=O)N1CCNCC1C#N. The van der Waals surface area contributed by atoms with Crippen LogP contribution in [0.4, 0.5) is 5.69 Å². The van der Waals surface area contributed by atoms with Crippen LogP contribution in [-0.2, 0) is 10.0 Å². The van der Waals surface area contributed by atoms with Crippen LogP contribution in [0.1, 0.15) is 5.56 Å². The maximum absolute atomic E-state index is 12.6. The number of nitro benzene ring substituents is 1. The summed E-state index contributed by atoms with van der Waals surface area (Å²) in [6.45, 7) is 2.42. The lowest BCUT2D eigenvalue weighted by atomic mass is 10.2. The van der Waals surface area contributed by atoms with E-state index in [1.54, 1.807) is 0 Å². The maximum Gasteiger partial charge on any atom is 0.269 e. The molecule has 1 aliphatic heterocycles. The molecular formula is C12H14N4O4S. The van der Waals surface area contributed by atoms with E-state index in [-0.39, 0.29) is 23.7 Å². The van der Waals surface area contributed by atoms with Crippen LogP contribution in [-0.4, -0.2) is 43.3 Å². The average molecular weight is 310 g/mol. The number of nitriles is 1. The molecule has 0 saturated carbocycles. The van der Waals surface area contributed by atoms with Crippen LogP contribution < -0.4 is 5.32 Å². The Balaban J connectivity index is 2.44. The minimum absolute atomic E-state index is 0.00440. The number of nitro groups is 1. The summed E-state index contributed by atoms with van der Waals surface area (Å²) in [5, 5.41) is 22.7. The van der Waals surface area contributed by atoms with Gasteiger partial charge in [0.25, 0.3) is 5.69 Å². The van der Waals surface area contributed by atoms with E-state index in [9.17, 15) is 18.5 Å². The molecule has 1 N–H and O–H groups in total. The molecule has 1 saturated heterocycles. The van der Waals surface area contributed by atoms with E-state index < -0.39 is 21.0 Å². The predicted molar refractivity (Wildman–Crippen MR) is 74.0 cm³/mol. The first-order valence-electron chi connectivity index (χ1n) is 6.25. The number of sulfonamides is 1. The number of piperazine rings is 1. The smallest absolute Gasteiger partial charge is 0.269 e. The highest BCUT2D eigenvalue weighted by atomic mass is 32.2. The van der Waals surface area contributed by atoms with E-state index in [0.717, 1.165) is 10.4 Å². The average Bonchev–Trinajstić information content (AvgIpc) is 2.46. The molecule has 1 atom stereocenters. The Morgan fingerprint density at radius 3 is 2.81 bits per heavy atom. The lowest BCUT2D eigenvalue weighted by molar-refractivity contribution is -0.385. The van der Waals surface area contributed by atoms with Crippen LogP contribution >= 0.6 is 0 Å². The van der Waals surface area contributed by atoms with Crippen LogP contribution in [0.5, 0.6) is 0 Å². The van der Waals surface area contributed by atoms with Crippen LogP contribution in [0.15, 0.2) is 23.1 Å². The van der Waals surface area contributed by atoms with Crippen molar-refractivity contribution in [2.24, 2.45) is 0 Å². The van der Waals surface area contributed by atoms with Crippen molar-refractivity contribution in [3.63, 3.8) is 0 Å². The summed E-state index contributed by atoms with van der Waals surface area (Å²) in [6, 6.07) is 4.77. The third-order valence-electron chi connectivity index (χ3n) is 3.30. The Labute approximate surface area is 122 Å². The molecule has 1 fully saturated rings. The molecule has 0 spiro atoms. The van der Waals surface area contributed by atoms with Crippen molar-refractivity contribution in [1.82, 2.24) is 9.62 Å². The standard InChI is InChI=1S/C12H14N4O4S/c1-9-6-10(16(17)18)2-3-12(9)21(19,20)15-5-4-14-8-11(15)7-13/h2-3,6,11,14H,4-5,8H2,1H3. The van der Waals surface area contributed by atoms with Gasteiger partial charge in [-0.1, -0.05) is 0 Å². The van der Waals surface area contributed by atoms with Gasteiger partial charge in [-0.25, -0.2) is 8.42 Å². The Morgan fingerprint density at radius 1 is 1.52 bits per heavy atom. The first kappa shape index (κ1) is 15.4. The number of nitrogens with zero attached hydrogens (tertiary/aromatic N) is 3. The summed E-state index contributed by atoms with van der Waals surface area (Å²) in [4.78, 5) is 10.1. The van der Waals surface area contributed by atoms with Gasteiger partial charge in [0, 0.05) is 31.8 Å². The highest BCUT2D eigenvalue weighted by Gasteiger charge is 2.34. The third-order valence-corrected chi connectivity index (χ3v) is 5.37. The van der Waals surface area contributed by atoms with Crippen molar-refractivity contribution in [3.8, 4) is 6.07 Å². The van der Waals surface area contributed by atoms with Crippen molar-refractivity contribution in [3.05, 3.63) is 33.9 Å². The molecule has 0 radical (unpaired) electrons. The minimum Gasteiger partial charge on any atom is -0.313 e. The summed E-state index contributed by atoms with van der Waals surface area (Å²) in [7, 11) is -3.85. The van der Waals surface area contributed by atoms with E-state index >= 15 is 0 Å². The maximum atomic E-state index is 12.6. The number of non-ortho nitro benzene ring substituents is 1. The van der Waals surface area contributed by atoms with Gasteiger partial charge < -0.3 is 5.32 Å². The lowest BCUT2D eigenvalue weighted by Crippen LogP contribution is -2.52. The molecule has 2 rings (SSSR count). The molecule has 1 heterocycles. The monoisotopic (exact) mass is 310 g/mol. The topological polar surface area (TPSA) is 116 Å². The van der Waals surface area contributed by atoms with Gasteiger partial charge in [0.1, 0.15) is 6.04 Å². The van der Waals surface area contributed by atoms with E-state index in [1.807, 2.05) is 6.07 Å². The molecular weight excluding hydrogens is 296 g/mol. The second-order valence-electron chi connectivity index (χ2n) is 4.67. The molecule has 0 aromatic heterocycles. The Kier molecular flexibility index (Phi) is 4.22. The van der Waals surface area contributed by atoms with Crippen LogP contribution in [0, 0.1) is 28.4 Å². The van der Waals surface area contributed by atoms with Gasteiger partial charge in [-0.3, -0.25) is 10.1 Å². The van der Waals surface area contributed by atoms with E-state index in [0.29, 0.717) is 12.1 Å². The normalized spacial score (nSPS) is 19.9. The van der Waals surface area contributed by atoms with Crippen LogP contribution in [0.2, 0.25) is 0 Å². The molecule has 0 bridgehead atoms. The van der Waals surface area contributed by atoms with Crippen molar-refractivity contribution < 1.29 is 13.3 Å². The zero-order chi connectivity index (χ0) is 15.6. The number of nitrogens with one attached hydrogen (secondary N) is 1. The number of rotatable bonds is 3. The van der Waals surface area contributed by atoms with Gasteiger partial charge in [0.2, 0.25) is 10.0 Å². The lowest BCUT2D eigenvalue weighted by Gasteiger charge is -2.31. The van der Waals surface area contributed by atoms with Crippen molar-refractivity contribution in [2.45, 2.75) is 17.9 Å². The van der Waals surface area contributed by atoms with Crippen molar-refractivity contribution >= 4 is 15.7 Å². The molecule has 112 valence electrons. The fraction of sp³-hybridized carbons (Fsp3) is 0.417. The fourth-order valence-electron chi connectivity index (χ4n) is 2.25. The zero-order valence-corrected chi connectivity index (χ0v) is 12.1. The number of benzene rings is 1. The second-order valence-corrected chi connectivity index (χ2v) is 6.53. The van der Waals surface area contributed by atoms with Crippen molar-refractivity contribution in [2.75, 3.05) is 19.6 Å². The summed E-state index contributed by atoms with van der Waals surface area (Å²) in [6.07, 6.45) is 0. The summed E-state index contributed by atoms with van der Waals surface area (Å²) < 4.78 is 26.4. The number of aryl methyl sites for hydroxylation is 1. The molecule has 21 heavy (non-hydrogen) atoms. The molecule has 9 heteroatoms. The van der Waals surface area contributed by atoms with E-state index in [4.69, 9.17) is 5.26 Å². The molecule has 0 aliphatic carbocycles. The summed E-state index contributed by atoms with van der Waals surface area (Å²) in [5.41, 5.74) is 0.128. The number of hydrogen-bond donors (Lipinski definition) is 1. The molecule has 8 nitrogen and oxygen atoms in total. The quantitative estimate of drug-likeness (QED) is 0.637. The summed E-state index contributed by atoms with van der Waals surface area (Å²) in [5.74, 6) is 0. The number of hydrogen-bond acceptors (Lipinski definition) is 6. The van der Waals surface area contributed by atoms with Crippen LogP contribution in [0.25, 0.3) is 0 Å². The predicted octanol–water partition coefficient (Wildman–Crippen LogP) is 0.389. The highest BCUT2D eigenvalue weighted by Crippen LogP contribution is 2.25. The van der Waals surface area contributed by atoms with E-state index in [1.165, 1.54) is 19.1 Å². The van der Waals surface area contributed by atoms with Gasteiger partial charge >= 0.3 is 0 Å². The Morgan fingerprint density at radius 2 is 2.24 bits per heavy atom. The molecule has 1 aromatic rings. The largest absolute Gasteiger partial charge is 0.313 e. The Hall–Kier alpha value is -2.02. The molecule has 0 amide bonds. The molecule has 1 aromatic carbocycles. The summed E-state index contributed by atoms with van der Waals surface area (Å²) >= 11 is 0.